The van der Waals surface area contributed by atoms with Crippen LogP contribution >= 0.6 is 23.7 Å². The Labute approximate surface area is 123 Å². The van der Waals surface area contributed by atoms with Crippen molar-refractivity contribution in [1.29, 1.82) is 0 Å². The number of hydrogen-bond donors (Lipinski definition) is 2. The quantitative estimate of drug-likeness (QED) is 0.891. The maximum Gasteiger partial charge on any atom is 0.258 e. The summed E-state index contributed by atoms with van der Waals surface area (Å²) >= 11 is 1.52. The first-order chi connectivity index (χ1) is 8.70. The zero-order chi connectivity index (χ0) is 13.0. The molecule has 1 fully saturated rings. The molecule has 1 amide bonds. The van der Waals surface area contributed by atoms with Gasteiger partial charge in [-0.05, 0) is 32.4 Å². The van der Waals surface area contributed by atoms with Crippen LogP contribution in [0.15, 0.2) is 6.20 Å². The number of halogens is 1. The molecule has 108 valence electrons. The third-order valence-corrected chi connectivity index (χ3v) is 4.40. The maximum atomic E-state index is 12.3. The van der Waals surface area contributed by atoms with Gasteiger partial charge in [0.2, 0.25) is 0 Å². The number of amides is 1. The molecule has 0 aliphatic carbocycles. The van der Waals surface area contributed by atoms with E-state index in [1.165, 1.54) is 16.2 Å². The molecule has 7 heteroatoms. The Morgan fingerprint density at radius 3 is 2.79 bits per heavy atom. The summed E-state index contributed by atoms with van der Waals surface area (Å²) in [5, 5.41) is 6.77. The molecule has 0 spiro atoms. The molecule has 5 nitrogen and oxygen atoms in total. The fraction of sp³-hybridized carbons (Fsp3) is 0.667. The molecule has 0 unspecified atom stereocenters. The summed E-state index contributed by atoms with van der Waals surface area (Å²) in [4.78, 5) is 17.7. The summed E-state index contributed by atoms with van der Waals surface area (Å²) in [6.07, 6.45) is 4.14. The Bertz CT molecular complexity index is 419. The van der Waals surface area contributed by atoms with Crippen molar-refractivity contribution in [2.24, 2.45) is 0 Å². The molecular formula is C12H20ClN3O2S. The highest BCUT2D eigenvalue weighted by Crippen LogP contribution is 2.26. The lowest BCUT2D eigenvalue weighted by Gasteiger charge is -2.34. The predicted molar refractivity (Wildman–Crippen MR) is 79.2 cm³/mol. The third kappa shape index (κ3) is 3.66. The van der Waals surface area contributed by atoms with Gasteiger partial charge < -0.3 is 10.1 Å². The number of carbonyl (C=O) groups is 1. The Morgan fingerprint density at radius 1 is 1.58 bits per heavy atom. The summed E-state index contributed by atoms with van der Waals surface area (Å²) in [7, 11) is 1.60. The molecule has 2 rings (SSSR count). The van der Waals surface area contributed by atoms with Crippen molar-refractivity contribution in [1.82, 2.24) is 10.3 Å². The minimum absolute atomic E-state index is 0. The SMILES string of the molecule is CCc1cnc(NC(=O)C2(OC)CCNCC2)s1.Cl. The van der Waals surface area contributed by atoms with Crippen molar-refractivity contribution in [3.05, 3.63) is 11.1 Å². The molecule has 1 aliphatic heterocycles. The van der Waals surface area contributed by atoms with E-state index in [9.17, 15) is 4.79 Å². The molecule has 0 saturated carbocycles. The van der Waals surface area contributed by atoms with E-state index in [2.05, 4.69) is 22.5 Å². The van der Waals surface area contributed by atoms with Crippen LogP contribution in [0.1, 0.15) is 24.6 Å². The van der Waals surface area contributed by atoms with Crippen molar-refractivity contribution in [2.75, 3.05) is 25.5 Å². The Morgan fingerprint density at radius 2 is 2.26 bits per heavy atom. The zero-order valence-electron chi connectivity index (χ0n) is 11.2. The van der Waals surface area contributed by atoms with E-state index in [0.717, 1.165) is 19.5 Å². The number of nitrogens with zero attached hydrogens (tertiary/aromatic N) is 1. The molecule has 1 aliphatic rings. The number of methoxy groups -OCH3 is 1. The lowest BCUT2D eigenvalue weighted by molar-refractivity contribution is -0.140. The summed E-state index contributed by atoms with van der Waals surface area (Å²) in [5.41, 5.74) is -0.705. The lowest BCUT2D eigenvalue weighted by Crippen LogP contribution is -2.51. The van der Waals surface area contributed by atoms with Gasteiger partial charge in [0.1, 0.15) is 5.60 Å². The molecule has 0 atom stereocenters. The predicted octanol–water partition coefficient (Wildman–Crippen LogP) is 1.83. The van der Waals surface area contributed by atoms with E-state index in [1.54, 1.807) is 7.11 Å². The van der Waals surface area contributed by atoms with Gasteiger partial charge in [0.25, 0.3) is 5.91 Å². The van der Waals surface area contributed by atoms with Gasteiger partial charge in [0.05, 0.1) is 0 Å². The van der Waals surface area contributed by atoms with E-state index < -0.39 is 5.60 Å². The largest absolute Gasteiger partial charge is 0.368 e. The molecule has 2 heterocycles. The van der Waals surface area contributed by atoms with Crippen LogP contribution in [0.4, 0.5) is 5.13 Å². The van der Waals surface area contributed by atoms with Crippen molar-refractivity contribution in [3.8, 4) is 0 Å². The number of thiazole rings is 1. The van der Waals surface area contributed by atoms with Gasteiger partial charge >= 0.3 is 0 Å². The minimum atomic E-state index is -0.705. The minimum Gasteiger partial charge on any atom is -0.368 e. The second kappa shape index (κ2) is 7.19. The smallest absolute Gasteiger partial charge is 0.258 e. The molecule has 1 aromatic heterocycles. The number of aromatic nitrogens is 1. The van der Waals surface area contributed by atoms with Crippen LogP contribution in [0.2, 0.25) is 0 Å². The Hall–Kier alpha value is -0.690. The summed E-state index contributed by atoms with van der Waals surface area (Å²) in [6, 6.07) is 0. The van der Waals surface area contributed by atoms with Gasteiger partial charge in [-0.3, -0.25) is 10.1 Å². The van der Waals surface area contributed by atoms with Crippen LogP contribution in [0.5, 0.6) is 0 Å². The summed E-state index contributed by atoms with van der Waals surface area (Å²) in [5.74, 6) is -0.0801. The van der Waals surface area contributed by atoms with Gasteiger partial charge in [-0.2, -0.15) is 0 Å². The summed E-state index contributed by atoms with van der Waals surface area (Å²) < 4.78 is 5.47. The van der Waals surface area contributed by atoms with Gasteiger partial charge in [-0.15, -0.1) is 23.7 Å². The highest BCUT2D eigenvalue weighted by atomic mass is 35.5. The van der Waals surface area contributed by atoms with Gasteiger partial charge in [-0.1, -0.05) is 6.92 Å². The second-order valence-corrected chi connectivity index (χ2v) is 5.50. The van der Waals surface area contributed by atoms with Crippen LogP contribution in [-0.4, -0.2) is 36.7 Å². The number of ether oxygens (including phenoxy) is 1. The van der Waals surface area contributed by atoms with Gasteiger partial charge in [0, 0.05) is 18.2 Å². The number of rotatable bonds is 4. The Kier molecular flexibility index (Phi) is 6.19. The first-order valence-corrected chi connectivity index (χ1v) is 7.04. The fourth-order valence-electron chi connectivity index (χ4n) is 2.09. The Balaban J connectivity index is 0.00000180. The maximum absolute atomic E-state index is 12.3. The first kappa shape index (κ1) is 16.4. The monoisotopic (exact) mass is 305 g/mol. The molecular weight excluding hydrogens is 286 g/mol. The van der Waals surface area contributed by atoms with E-state index in [4.69, 9.17) is 4.74 Å². The average Bonchev–Trinajstić information content (AvgIpc) is 2.87. The molecule has 1 aromatic rings. The van der Waals surface area contributed by atoms with E-state index in [1.807, 2.05) is 6.20 Å². The van der Waals surface area contributed by atoms with Crippen LogP contribution in [0, 0.1) is 0 Å². The standard InChI is InChI=1S/C12H19N3O2S.ClH/c1-3-9-8-14-11(18-9)15-10(16)12(17-2)4-6-13-7-5-12;/h8,13H,3-7H2,1-2H3,(H,14,15,16);1H. The first-order valence-electron chi connectivity index (χ1n) is 6.22. The third-order valence-electron chi connectivity index (χ3n) is 3.34. The topological polar surface area (TPSA) is 63.2 Å². The van der Waals surface area contributed by atoms with E-state index >= 15 is 0 Å². The van der Waals surface area contributed by atoms with Crippen molar-refractivity contribution in [2.45, 2.75) is 31.8 Å². The molecule has 0 bridgehead atoms. The number of nitrogens with one attached hydrogen (secondary N) is 2. The van der Waals surface area contributed by atoms with Crippen molar-refractivity contribution in [3.63, 3.8) is 0 Å². The van der Waals surface area contributed by atoms with E-state index in [0.29, 0.717) is 18.0 Å². The average molecular weight is 306 g/mol. The lowest BCUT2D eigenvalue weighted by atomic mass is 9.91. The highest BCUT2D eigenvalue weighted by molar-refractivity contribution is 7.15. The van der Waals surface area contributed by atoms with Gasteiger partial charge in [0.15, 0.2) is 5.13 Å². The molecule has 1 saturated heterocycles. The number of piperidine rings is 1. The van der Waals surface area contributed by atoms with Crippen LogP contribution in [0.3, 0.4) is 0 Å². The number of hydrogen-bond acceptors (Lipinski definition) is 5. The van der Waals surface area contributed by atoms with Crippen LogP contribution in [0.25, 0.3) is 0 Å². The number of anilines is 1. The molecule has 2 N–H and O–H groups in total. The van der Waals surface area contributed by atoms with Crippen LogP contribution < -0.4 is 10.6 Å². The zero-order valence-corrected chi connectivity index (χ0v) is 12.8. The highest BCUT2D eigenvalue weighted by Gasteiger charge is 2.40. The van der Waals surface area contributed by atoms with E-state index in [-0.39, 0.29) is 18.3 Å². The normalized spacial score (nSPS) is 17.6. The van der Waals surface area contributed by atoms with Gasteiger partial charge in [-0.25, -0.2) is 4.98 Å². The molecule has 19 heavy (non-hydrogen) atoms. The second-order valence-electron chi connectivity index (χ2n) is 4.39. The molecule has 0 radical (unpaired) electrons. The fourth-order valence-corrected chi connectivity index (χ4v) is 2.84. The van der Waals surface area contributed by atoms with Crippen LogP contribution in [-0.2, 0) is 16.0 Å². The summed E-state index contributed by atoms with van der Waals surface area (Å²) in [6.45, 7) is 3.68. The van der Waals surface area contributed by atoms with Crippen molar-refractivity contribution < 1.29 is 9.53 Å². The number of aryl methyl sites for hydroxylation is 1. The number of carbonyl (C=O) groups excluding carboxylic acids is 1. The molecule has 0 aromatic carbocycles. The van der Waals surface area contributed by atoms with Crippen molar-refractivity contribution >= 4 is 34.8 Å².